The van der Waals surface area contributed by atoms with Crippen LogP contribution in [0, 0.1) is 11.3 Å². The number of rotatable bonds is 3. The summed E-state index contributed by atoms with van der Waals surface area (Å²) in [5.74, 6) is 0. The van der Waals surface area contributed by atoms with Crippen molar-refractivity contribution in [2.24, 2.45) is 0 Å². The van der Waals surface area contributed by atoms with E-state index in [4.69, 9.17) is 5.26 Å². The quantitative estimate of drug-likeness (QED) is 0.619. The van der Waals surface area contributed by atoms with E-state index in [0.29, 0.717) is 6.42 Å². The van der Waals surface area contributed by atoms with E-state index < -0.39 is 0 Å². The molecule has 0 unspecified atom stereocenters. The van der Waals surface area contributed by atoms with Crippen molar-refractivity contribution in [3.05, 3.63) is 42.0 Å². The molecule has 1 aromatic carbocycles. The van der Waals surface area contributed by atoms with Crippen LogP contribution in [0.4, 0.5) is 0 Å². The van der Waals surface area contributed by atoms with Gasteiger partial charge < -0.3 is 0 Å². The van der Waals surface area contributed by atoms with Crippen molar-refractivity contribution in [1.29, 1.82) is 5.26 Å². The molecule has 0 N–H and O–H groups in total. The van der Waals surface area contributed by atoms with E-state index in [-0.39, 0.29) is 0 Å². The van der Waals surface area contributed by atoms with Crippen molar-refractivity contribution in [2.45, 2.75) is 12.8 Å². The molecule has 0 atom stereocenters. The fraction of sp³-hybridized carbons (Fsp3) is 0.182. The maximum absolute atomic E-state index is 8.28. The van der Waals surface area contributed by atoms with Gasteiger partial charge in [-0.1, -0.05) is 42.5 Å². The second-order valence-corrected chi connectivity index (χ2v) is 2.51. The summed E-state index contributed by atoms with van der Waals surface area (Å²) in [4.78, 5) is 0. The molecule has 0 heterocycles. The Morgan fingerprint density at radius 2 is 2.00 bits per heavy atom. The summed E-state index contributed by atoms with van der Waals surface area (Å²) in [7, 11) is 0. The zero-order valence-electron chi connectivity index (χ0n) is 6.90. The number of unbranched alkanes of at least 4 members (excludes halogenated alkanes) is 1. The smallest absolute Gasteiger partial charge is 0.0625 e. The van der Waals surface area contributed by atoms with Crippen molar-refractivity contribution in [2.75, 3.05) is 0 Å². The fourth-order valence-electron chi connectivity index (χ4n) is 0.931. The minimum absolute atomic E-state index is 0.601. The summed E-state index contributed by atoms with van der Waals surface area (Å²) < 4.78 is 0. The molecular formula is C11H11N. The van der Waals surface area contributed by atoms with Gasteiger partial charge in [-0.25, -0.2) is 0 Å². The predicted molar refractivity (Wildman–Crippen MR) is 50.3 cm³/mol. The maximum Gasteiger partial charge on any atom is 0.0625 e. The first-order valence-electron chi connectivity index (χ1n) is 4.02. The van der Waals surface area contributed by atoms with Crippen LogP contribution in [0.2, 0.25) is 0 Å². The summed E-state index contributed by atoms with van der Waals surface area (Å²) in [6.07, 6.45) is 5.50. The molecule has 1 nitrogen and oxygen atoms in total. The lowest BCUT2D eigenvalue weighted by Crippen LogP contribution is -1.68. The van der Waals surface area contributed by atoms with Gasteiger partial charge in [0.1, 0.15) is 0 Å². The van der Waals surface area contributed by atoms with Crippen LogP contribution in [0.3, 0.4) is 0 Å². The Kier molecular flexibility index (Phi) is 3.67. The topological polar surface area (TPSA) is 23.8 Å². The Bertz CT molecular complexity index is 280. The summed E-state index contributed by atoms with van der Waals surface area (Å²) in [6.45, 7) is 0. The summed E-state index contributed by atoms with van der Waals surface area (Å²) in [5, 5.41) is 8.28. The van der Waals surface area contributed by atoms with E-state index in [0.717, 1.165) is 6.42 Å². The van der Waals surface area contributed by atoms with E-state index in [9.17, 15) is 0 Å². The minimum Gasteiger partial charge on any atom is -0.198 e. The van der Waals surface area contributed by atoms with Crippen LogP contribution in [-0.2, 0) is 0 Å². The molecule has 0 aliphatic carbocycles. The molecule has 60 valence electrons. The predicted octanol–water partition coefficient (Wildman–Crippen LogP) is 3.00. The lowest BCUT2D eigenvalue weighted by atomic mass is 10.2. The molecule has 0 aromatic heterocycles. The third kappa shape index (κ3) is 3.03. The lowest BCUT2D eigenvalue weighted by Gasteiger charge is -1.89. The standard InChI is InChI=1S/C11H11N/c12-10-6-2-5-9-11-7-3-1-4-8-11/h1,3-5,7-9H,2,6H2. The fourth-order valence-corrected chi connectivity index (χ4v) is 0.931. The SMILES string of the molecule is N#CCCC=Cc1ccccc1. The Labute approximate surface area is 73.0 Å². The number of benzene rings is 1. The second kappa shape index (κ2) is 5.15. The summed E-state index contributed by atoms with van der Waals surface area (Å²) in [5.41, 5.74) is 1.19. The van der Waals surface area contributed by atoms with Gasteiger partial charge in [0.25, 0.3) is 0 Å². The van der Waals surface area contributed by atoms with Crippen molar-refractivity contribution in [3.8, 4) is 6.07 Å². The first-order valence-corrected chi connectivity index (χ1v) is 4.02. The zero-order valence-corrected chi connectivity index (χ0v) is 6.90. The monoisotopic (exact) mass is 157 g/mol. The highest BCUT2D eigenvalue weighted by molar-refractivity contribution is 5.48. The third-order valence-electron chi connectivity index (χ3n) is 1.53. The van der Waals surface area contributed by atoms with Gasteiger partial charge in [-0.15, -0.1) is 0 Å². The zero-order chi connectivity index (χ0) is 8.65. The summed E-state index contributed by atoms with van der Waals surface area (Å²) >= 11 is 0. The van der Waals surface area contributed by atoms with Gasteiger partial charge >= 0.3 is 0 Å². The molecular weight excluding hydrogens is 146 g/mol. The minimum atomic E-state index is 0.601. The highest BCUT2D eigenvalue weighted by Gasteiger charge is 1.81. The third-order valence-corrected chi connectivity index (χ3v) is 1.53. The van der Waals surface area contributed by atoms with Crippen LogP contribution in [0.5, 0.6) is 0 Å². The average Bonchev–Trinajstić information content (AvgIpc) is 2.14. The summed E-state index contributed by atoms with van der Waals surface area (Å²) in [6, 6.07) is 12.2. The van der Waals surface area contributed by atoms with Crippen molar-refractivity contribution in [1.82, 2.24) is 0 Å². The van der Waals surface area contributed by atoms with E-state index in [1.54, 1.807) is 0 Å². The first kappa shape index (κ1) is 8.55. The molecule has 1 heteroatoms. The average molecular weight is 157 g/mol. The van der Waals surface area contributed by atoms with Crippen molar-refractivity contribution >= 4 is 6.08 Å². The number of nitriles is 1. The lowest BCUT2D eigenvalue weighted by molar-refractivity contribution is 1.07. The van der Waals surface area contributed by atoms with Crippen LogP contribution < -0.4 is 0 Å². The van der Waals surface area contributed by atoms with E-state index in [2.05, 4.69) is 6.07 Å². The van der Waals surface area contributed by atoms with E-state index in [1.807, 2.05) is 42.5 Å². The Balaban J connectivity index is 2.43. The van der Waals surface area contributed by atoms with Gasteiger partial charge in [-0.05, 0) is 12.0 Å². The largest absolute Gasteiger partial charge is 0.198 e. The van der Waals surface area contributed by atoms with E-state index >= 15 is 0 Å². The van der Waals surface area contributed by atoms with Gasteiger partial charge in [-0.2, -0.15) is 5.26 Å². The van der Waals surface area contributed by atoms with Crippen molar-refractivity contribution in [3.63, 3.8) is 0 Å². The normalized spacial score (nSPS) is 9.92. The molecule has 1 rings (SSSR count). The van der Waals surface area contributed by atoms with Crippen molar-refractivity contribution < 1.29 is 0 Å². The molecule has 0 aliphatic rings. The van der Waals surface area contributed by atoms with Crippen LogP contribution in [0.25, 0.3) is 6.08 Å². The van der Waals surface area contributed by atoms with Gasteiger partial charge in [0, 0.05) is 6.42 Å². The highest BCUT2D eigenvalue weighted by atomic mass is 14.2. The number of allylic oxidation sites excluding steroid dienone is 1. The van der Waals surface area contributed by atoms with Gasteiger partial charge in [0.05, 0.1) is 6.07 Å². The maximum atomic E-state index is 8.28. The molecule has 0 bridgehead atoms. The molecule has 0 fully saturated rings. The van der Waals surface area contributed by atoms with Crippen LogP contribution in [0.15, 0.2) is 36.4 Å². The molecule has 0 aliphatic heterocycles. The molecule has 0 radical (unpaired) electrons. The van der Waals surface area contributed by atoms with Gasteiger partial charge in [0.2, 0.25) is 0 Å². The Hall–Kier alpha value is -1.55. The number of hydrogen-bond donors (Lipinski definition) is 0. The van der Waals surface area contributed by atoms with Gasteiger partial charge in [-0.3, -0.25) is 0 Å². The molecule has 12 heavy (non-hydrogen) atoms. The highest BCUT2D eigenvalue weighted by Crippen LogP contribution is 2.02. The van der Waals surface area contributed by atoms with Gasteiger partial charge in [0.15, 0.2) is 0 Å². The molecule has 0 saturated carbocycles. The number of nitrogens with zero attached hydrogens (tertiary/aromatic N) is 1. The second-order valence-electron chi connectivity index (χ2n) is 2.51. The Morgan fingerprint density at radius 3 is 2.67 bits per heavy atom. The molecule has 0 saturated heterocycles. The molecule has 1 aromatic rings. The molecule has 0 spiro atoms. The Morgan fingerprint density at radius 1 is 1.25 bits per heavy atom. The molecule has 0 amide bonds. The van der Waals surface area contributed by atoms with E-state index in [1.165, 1.54) is 5.56 Å². The van der Waals surface area contributed by atoms with Crippen LogP contribution in [0.1, 0.15) is 18.4 Å². The number of hydrogen-bond acceptors (Lipinski definition) is 1. The first-order chi connectivity index (χ1) is 5.93. The van der Waals surface area contributed by atoms with Crippen LogP contribution >= 0.6 is 0 Å². The van der Waals surface area contributed by atoms with Crippen LogP contribution in [-0.4, -0.2) is 0 Å².